The molecular weight excluding hydrogens is 504 g/mol. The summed E-state index contributed by atoms with van der Waals surface area (Å²) in [5.41, 5.74) is 5.43. The molecule has 0 bridgehead atoms. The van der Waals surface area contributed by atoms with Gasteiger partial charge in [-0.15, -0.1) is 11.3 Å². The number of aromatic nitrogens is 1. The van der Waals surface area contributed by atoms with Crippen molar-refractivity contribution in [2.75, 3.05) is 13.2 Å². The van der Waals surface area contributed by atoms with Crippen molar-refractivity contribution in [2.24, 2.45) is 4.99 Å². The molecule has 0 radical (unpaired) electrons. The molecule has 2 aromatic carbocycles. The Hall–Kier alpha value is -3.75. The number of hydrogen-bond donors (Lipinski definition) is 0. The number of carbonyl (C=O) groups is 1. The number of nitrogens with zero attached hydrogens (tertiary/aromatic N) is 2. The molecule has 2 aliphatic rings. The van der Waals surface area contributed by atoms with Gasteiger partial charge in [-0.1, -0.05) is 53.8 Å². The van der Waals surface area contributed by atoms with Gasteiger partial charge in [-0.3, -0.25) is 9.36 Å². The zero-order valence-electron chi connectivity index (χ0n) is 20.2. The van der Waals surface area contributed by atoms with Crippen LogP contribution >= 0.6 is 22.7 Å². The van der Waals surface area contributed by atoms with E-state index in [0.717, 1.165) is 34.5 Å². The van der Waals surface area contributed by atoms with E-state index in [1.807, 2.05) is 34.9 Å². The molecule has 1 unspecified atom stereocenters. The van der Waals surface area contributed by atoms with Crippen molar-refractivity contribution in [3.05, 3.63) is 113 Å². The Labute approximate surface area is 221 Å². The van der Waals surface area contributed by atoms with E-state index in [-0.39, 0.29) is 18.2 Å². The fourth-order valence-corrected chi connectivity index (χ4v) is 6.76. The van der Waals surface area contributed by atoms with Crippen LogP contribution in [0, 0.1) is 0 Å². The highest BCUT2D eigenvalue weighted by molar-refractivity contribution is 7.10. The third-order valence-corrected chi connectivity index (χ3v) is 8.41. The average molecular weight is 529 g/mol. The van der Waals surface area contributed by atoms with Gasteiger partial charge in [0, 0.05) is 10.4 Å². The zero-order chi connectivity index (χ0) is 25.4. The Bertz CT molecular complexity index is 1700. The number of thiophene rings is 1. The Morgan fingerprint density at radius 1 is 1.14 bits per heavy atom. The average Bonchev–Trinajstić information content (AvgIpc) is 3.55. The van der Waals surface area contributed by atoms with Crippen LogP contribution in [0.5, 0.6) is 5.75 Å². The van der Waals surface area contributed by atoms with E-state index in [0.29, 0.717) is 21.7 Å². The second-order valence-corrected chi connectivity index (χ2v) is 10.8. The van der Waals surface area contributed by atoms with Gasteiger partial charge in [-0.2, -0.15) is 0 Å². The molecule has 186 valence electrons. The van der Waals surface area contributed by atoms with E-state index < -0.39 is 5.97 Å². The van der Waals surface area contributed by atoms with E-state index in [4.69, 9.17) is 14.5 Å². The van der Waals surface area contributed by atoms with Crippen molar-refractivity contribution in [1.82, 2.24) is 4.57 Å². The predicted molar refractivity (Wildman–Crippen MR) is 146 cm³/mol. The summed E-state index contributed by atoms with van der Waals surface area (Å²) in [6.45, 7) is 1.91. The smallest absolute Gasteiger partial charge is 0.344 e. The molecule has 1 atom stereocenters. The Morgan fingerprint density at radius 2 is 2.03 bits per heavy atom. The largest absolute Gasteiger partial charge is 0.482 e. The first kappa shape index (κ1) is 23.6. The number of esters is 1. The van der Waals surface area contributed by atoms with Crippen LogP contribution in [0.2, 0.25) is 0 Å². The first-order chi connectivity index (χ1) is 18.1. The minimum Gasteiger partial charge on any atom is -0.482 e. The van der Waals surface area contributed by atoms with Gasteiger partial charge in [0.25, 0.3) is 5.56 Å². The molecular formula is C29H24N2O4S2. The first-order valence-corrected chi connectivity index (χ1v) is 13.9. The summed E-state index contributed by atoms with van der Waals surface area (Å²) in [5.74, 6) is 0.124. The maximum absolute atomic E-state index is 13.8. The molecule has 6 nitrogen and oxygen atoms in total. The molecule has 0 saturated heterocycles. The van der Waals surface area contributed by atoms with E-state index in [1.165, 1.54) is 22.5 Å². The molecule has 6 rings (SSSR count). The topological polar surface area (TPSA) is 69.9 Å². The van der Waals surface area contributed by atoms with Gasteiger partial charge in [-0.05, 0) is 66.1 Å². The van der Waals surface area contributed by atoms with Crippen LogP contribution in [-0.2, 0) is 16.0 Å². The fraction of sp³-hybridized carbons (Fsp3) is 0.207. The number of fused-ring (bicyclic) bond motifs is 3. The lowest BCUT2D eigenvalue weighted by Gasteiger charge is -2.30. The van der Waals surface area contributed by atoms with Crippen LogP contribution in [0.4, 0.5) is 0 Å². The molecule has 0 saturated carbocycles. The minimum absolute atomic E-state index is 0.0506. The third-order valence-electron chi connectivity index (χ3n) is 6.50. The molecule has 37 heavy (non-hydrogen) atoms. The van der Waals surface area contributed by atoms with Crippen LogP contribution in [0.25, 0.3) is 11.8 Å². The summed E-state index contributed by atoms with van der Waals surface area (Å²) in [4.78, 5) is 32.3. The standard InChI is InChI=1S/C29H24N2O4S2/c1-2-34-25(32)17-35-20-9-5-7-18(15-20)16-24-28(33)31-27(23-11-6-14-36-23)22-13-12-19-8-3-4-10-21(19)26(22)30-29(31)37-24/h3-11,14-16,27H,2,12-13,17H2,1H3. The first-order valence-electron chi connectivity index (χ1n) is 12.2. The number of aryl methyl sites for hydroxylation is 1. The summed E-state index contributed by atoms with van der Waals surface area (Å²) in [6, 6.07) is 19.8. The van der Waals surface area contributed by atoms with Crippen LogP contribution in [0.15, 0.2) is 81.4 Å². The molecule has 3 heterocycles. The summed E-state index contributed by atoms with van der Waals surface area (Å²) in [6.07, 6.45) is 3.68. The highest BCUT2D eigenvalue weighted by Gasteiger charge is 2.32. The van der Waals surface area contributed by atoms with E-state index >= 15 is 0 Å². The van der Waals surface area contributed by atoms with Crippen molar-refractivity contribution in [1.29, 1.82) is 0 Å². The van der Waals surface area contributed by atoms with Gasteiger partial charge >= 0.3 is 5.97 Å². The Balaban J connectivity index is 1.44. The Morgan fingerprint density at radius 3 is 2.86 bits per heavy atom. The summed E-state index contributed by atoms with van der Waals surface area (Å²) in [7, 11) is 0. The summed E-state index contributed by atoms with van der Waals surface area (Å²) in [5, 5.41) is 2.06. The van der Waals surface area contributed by atoms with Crippen molar-refractivity contribution >= 4 is 40.4 Å². The molecule has 0 fully saturated rings. The monoisotopic (exact) mass is 528 g/mol. The molecule has 8 heteroatoms. The molecule has 1 aliphatic heterocycles. The van der Waals surface area contributed by atoms with Gasteiger partial charge in [0.1, 0.15) is 5.75 Å². The molecule has 0 N–H and O–H groups in total. The second kappa shape index (κ2) is 9.95. The number of allylic oxidation sites excluding steroid dienone is 1. The second-order valence-electron chi connectivity index (χ2n) is 8.80. The number of ether oxygens (including phenoxy) is 2. The molecule has 0 amide bonds. The van der Waals surface area contributed by atoms with Crippen molar-refractivity contribution in [3.8, 4) is 5.75 Å². The van der Waals surface area contributed by atoms with Crippen molar-refractivity contribution < 1.29 is 14.3 Å². The number of carbonyl (C=O) groups excluding carboxylic acids is 1. The normalized spacial score (nSPS) is 16.5. The van der Waals surface area contributed by atoms with Crippen LogP contribution in [0.1, 0.15) is 41.0 Å². The fourth-order valence-electron chi connectivity index (χ4n) is 4.91. The lowest BCUT2D eigenvalue weighted by Crippen LogP contribution is -2.38. The van der Waals surface area contributed by atoms with E-state index in [1.54, 1.807) is 24.3 Å². The van der Waals surface area contributed by atoms with E-state index in [2.05, 4.69) is 35.7 Å². The van der Waals surface area contributed by atoms with E-state index in [9.17, 15) is 9.59 Å². The van der Waals surface area contributed by atoms with Crippen LogP contribution < -0.4 is 19.6 Å². The number of thiazole rings is 1. The molecule has 4 aromatic rings. The highest BCUT2D eigenvalue weighted by Crippen LogP contribution is 2.42. The third kappa shape index (κ3) is 4.47. The van der Waals surface area contributed by atoms with Crippen LogP contribution in [0.3, 0.4) is 0 Å². The number of rotatable bonds is 6. The van der Waals surface area contributed by atoms with Gasteiger partial charge < -0.3 is 9.47 Å². The molecule has 0 spiro atoms. The highest BCUT2D eigenvalue weighted by atomic mass is 32.1. The maximum Gasteiger partial charge on any atom is 0.344 e. The quantitative estimate of drug-likeness (QED) is 0.350. The lowest BCUT2D eigenvalue weighted by atomic mass is 9.85. The van der Waals surface area contributed by atoms with Gasteiger partial charge in [0.2, 0.25) is 0 Å². The predicted octanol–water partition coefficient (Wildman–Crippen LogP) is 4.32. The van der Waals surface area contributed by atoms with Crippen molar-refractivity contribution in [2.45, 2.75) is 25.8 Å². The summed E-state index contributed by atoms with van der Waals surface area (Å²) < 4.78 is 13.0. The zero-order valence-corrected chi connectivity index (χ0v) is 21.8. The maximum atomic E-state index is 13.8. The van der Waals surface area contributed by atoms with Crippen LogP contribution in [-0.4, -0.2) is 23.8 Å². The van der Waals surface area contributed by atoms with Gasteiger partial charge in [0.05, 0.1) is 22.9 Å². The SMILES string of the molecule is CCOC(=O)COc1cccc(C=c2sc3n(c2=O)C(c2cccs2)C2=C(N=3)c3ccccc3CC2)c1. The van der Waals surface area contributed by atoms with Gasteiger partial charge in [-0.25, -0.2) is 9.79 Å². The lowest BCUT2D eigenvalue weighted by molar-refractivity contribution is -0.145. The van der Waals surface area contributed by atoms with Gasteiger partial charge in [0.15, 0.2) is 11.4 Å². The number of benzene rings is 2. The Kier molecular flexibility index (Phi) is 6.36. The van der Waals surface area contributed by atoms with Crippen molar-refractivity contribution in [3.63, 3.8) is 0 Å². The molecule has 2 aromatic heterocycles. The number of hydrogen-bond acceptors (Lipinski definition) is 7. The minimum atomic E-state index is -0.416. The molecule has 1 aliphatic carbocycles. The summed E-state index contributed by atoms with van der Waals surface area (Å²) >= 11 is 3.07.